The molecule has 24 heavy (non-hydrogen) atoms. The lowest BCUT2D eigenvalue weighted by Gasteiger charge is -2.09. The molecule has 0 atom stereocenters. The first-order chi connectivity index (χ1) is 11.6. The molecule has 0 unspecified atom stereocenters. The second kappa shape index (κ2) is 6.69. The van der Waals surface area contributed by atoms with Crippen LogP contribution in [0.25, 0.3) is 5.82 Å². The monoisotopic (exact) mass is 327 g/mol. The second-order valence-electron chi connectivity index (χ2n) is 5.37. The van der Waals surface area contributed by atoms with Crippen LogP contribution in [0, 0.1) is 6.92 Å². The molecule has 0 bridgehead atoms. The lowest BCUT2D eigenvalue weighted by Crippen LogP contribution is -2.07. The highest BCUT2D eigenvalue weighted by atomic mass is 16.5. The van der Waals surface area contributed by atoms with E-state index < -0.39 is 0 Å². The van der Waals surface area contributed by atoms with Crippen molar-refractivity contribution in [1.82, 2.24) is 29.3 Å². The first-order valence-electron chi connectivity index (χ1n) is 7.79. The predicted octanol–water partition coefficient (Wildman–Crippen LogP) is 1.89. The smallest absolute Gasteiger partial charge is 0.216 e. The van der Waals surface area contributed by atoms with E-state index in [-0.39, 0.29) is 0 Å². The quantitative estimate of drug-likeness (QED) is 0.744. The zero-order chi connectivity index (χ0) is 17.1. The third-order valence-corrected chi connectivity index (χ3v) is 3.84. The van der Waals surface area contributed by atoms with Gasteiger partial charge in [-0.05, 0) is 13.3 Å². The topological polar surface area (TPSA) is 82.7 Å². The van der Waals surface area contributed by atoms with E-state index in [9.17, 15) is 0 Å². The maximum atomic E-state index is 5.46. The van der Waals surface area contributed by atoms with Crippen molar-refractivity contribution in [1.29, 1.82) is 0 Å². The highest BCUT2D eigenvalue weighted by Crippen LogP contribution is 2.23. The summed E-state index contributed by atoms with van der Waals surface area (Å²) in [4.78, 5) is 13.1. The third-order valence-electron chi connectivity index (χ3n) is 3.84. The lowest BCUT2D eigenvalue weighted by molar-refractivity contribution is 0.369. The first kappa shape index (κ1) is 16.0. The first-order valence-corrected chi connectivity index (χ1v) is 7.79. The summed E-state index contributed by atoms with van der Waals surface area (Å²) in [5, 5.41) is 7.79. The molecule has 0 saturated heterocycles. The Labute approximate surface area is 140 Å². The summed E-state index contributed by atoms with van der Waals surface area (Å²) in [6.45, 7) is 4.57. The number of anilines is 1. The second-order valence-corrected chi connectivity index (χ2v) is 5.37. The fourth-order valence-corrected chi connectivity index (χ4v) is 2.68. The summed E-state index contributed by atoms with van der Waals surface area (Å²) >= 11 is 0. The highest BCUT2D eigenvalue weighted by Gasteiger charge is 2.15. The molecule has 8 heteroatoms. The third kappa shape index (κ3) is 2.94. The average molecular weight is 327 g/mol. The molecule has 8 nitrogen and oxygen atoms in total. The molecular weight excluding hydrogens is 306 g/mol. The van der Waals surface area contributed by atoms with Crippen molar-refractivity contribution >= 4 is 5.82 Å². The molecule has 0 aliphatic rings. The number of imidazole rings is 1. The zero-order valence-corrected chi connectivity index (χ0v) is 14.3. The molecule has 3 rings (SSSR count). The minimum atomic E-state index is 0.571. The van der Waals surface area contributed by atoms with E-state index in [1.807, 2.05) is 24.7 Å². The van der Waals surface area contributed by atoms with Gasteiger partial charge < -0.3 is 10.1 Å². The largest absolute Gasteiger partial charge is 0.481 e. The van der Waals surface area contributed by atoms with Gasteiger partial charge in [-0.25, -0.2) is 14.6 Å². The summed E-state index contributed by atoms with van der Waals surface area (Å²) in [5.41, 5.74) is 2.05. The number of hydrogen-bond acceptors (Lipinski definition) is 6. The van der Waals surface area contributed by atoms with E-state index >= 15 is 0 Å². The molecule has 0 amide bonds. The predicted molar refractivity (Wildman–Crippen MR) is 90.4 cm³/mol. The fraction of sp³-hybridized carbons (Fsp3) is 0.375. The van der Waals surface area contributed by atoms with Crippen molar-refractivity contribution in [3.05, 3.63) is 41.9 Å². The van der Waals surface area contributed by atoms with E-state index in [1.54, 1.807) is 30.4 Å². The molecule has 1 N–H and O–H groups in total. The van der Waals surface area contributed by atoms with Gasteiger partial charge in [-0.1, -0.05) is 6.92 Å². The van der Waals surface area contributed by atoms with E-state index in [0.29, 0.717) is 12.4 Å². The number of nitrogens with one attached hydrogen (secondary N) is 1. The number of ether oxygens (including phenoxy) is 1. The summed E-state index contributed by atoms with van der Waals surface area (Å²) < 4.78 is 9.10. The van der Waals surface area contributed by atoms with Crippen LogP contribution in [0.1, 0.15) is 24.0 Å². The Balaban J connectivity index is 1.82. The Morgan fingerprint density at radius 2 is 2.12 bits per heavy atom. The number of aryl methyl sites for hydroxylation is 3. The molecule has 0 radical (unpaired) electrons. The number of rotatable bonds is 6. The minimum absolute atomic E-state index is 0.571. The SMILES string of the molecule is CCc1nn(C)c(OC)c1CNc1cncc(-n2ccnc2C)n1. The molecule has 3 heterocycles. The van der Waals surface area contributed by atoms with Gasteiger partial charge in [-0.15, -0.1) is 0 Å². The molecule has 0 saturated carbocycles. The van der Waals surface area contributed by atoms with E-state index in [4.69, 9.17) is 4.74 Å². The molecule has 0 aliphatic heterocycles. The lowest BCUT2D eigenvalue weighted by atomic mass is 10.2. The summed E-state index contributed by atoms with van der Waals surface area (Å²) in [6, 6.07) is 0. The summed E-state index contributed by atoms with van der Waals surface area (Å²) in [6.07, 6.45) is 7.86. The van der Waals surface area contributed by atoms with E-state index in [1.165, 1.54) is 0 Å². The zero-order valence-electron chi connectivity index (χ0n) is 14.3. The Hall–Kier alpha value is -2.90. The van der Waals surface area contributed by atoms with Crippen LogP contribution < -0.4 is 10.1 Å². The van der Waals surface area contributed by atoms with Gasteiger partial charge in [0.25, 0.3) is 0 Å². The number of hydrogen-bond donors (Lipinski definition) is 1. The average Bonchev–Trinajstić information content (AvgIpc) is 3.15. The molecule has 0 fully saturated rings. The van der Waals surface area contributed by atoms with Crippen LogP contribution in [0.5, 0.6) is 5.88 Å². The van der Waals surface area contributed by atoms with Crippen LogP contribution in [-0.4, -0.2) is 36.4 Å². The van der Waals surface area contributed by atoms with Gasteiger partial charge in [0.2, 0.25) is 5.88 Å². The van der Waals surface area contributed by atoms with Crippen LogP contribution in [0.2, 0.25) is 0 Å². The van der Waals surface area contributed by atoms with Gasteiger partial charge >= 0.3 is 0 Å². The standard InChI is InChI=1S/C16H21N7O/c1-5-13-12(16(24-4)22(3)21-13)8-19-14-9-17-10-15(20-14)23-7-6-18-11(23)2/h6-7,9-10H,5,8H2,1-4H3,(H,19,20). The van der Waals surface area contributed by atoms with Crippen molar-refractivity contribution in [2.75, 3.05) is 12.4 Å². The Morgan fingerprint density at radius 3 is 2.79 bits per heavy atom. The summed E-state index contributed by atoms with van der Waals surface area (Å²) in [7, 11) is 3.53. The van der Waals surface area contributed by atoms with Crippen molar-refractivity contribution in [3.63, 3.8) is 0 Å². The number of aromatic nitrogens is 6. The van der Waals surface area contributed by atoms with Gasteiger partial charge in [0.1, 0.15) is 11.6 Å². The van der Waals surface area contributed by atoms with E-state index in [2.05, 4.69) is 32.3 Å². The van der Waals surface area contributed by atoms with Crippen molar-refractivity contribution in [2.24, 2.45) is 7.05 Å². The maximum absolute atomic E-state index is 5.46. The van der Waals surface area contributed by atoms with Crippen LogP contribution in [0.3, 0.4) is 0 Å². The van der Waals surface area contributed by atoms with Crippen molar-refractivity contribution in [2.45, 2.75) is 26.8 Å². The van der Waals surface area contributed by atoms with E-state index in [0.717, 1.165) is 35.2 Å². The highest BCUT2D eigenvalue weighted by molar-refractivity contribution is 5.40. The van der Waals surface area contributed by atoms with Crippen LogP contribution in [-0.2, 0) is 20.0 Å². The normalized spacial score (nSPS) is 10.8. The van der Waals surface area contributed by atoms with Crippen LogP contribution in [0.4, 0.5) is 5.82 Å². The molecule has 0 aliphatic carbocycles. The Morgan fingerprint density at radius 1 is 1.29 bits per heavy atom. The van der Waals surface area contributed by atoms with Gasteiger partial charge in [-0.3, -0.25) is 9.55 Å². The van der Waals surface area contributed by atoms with Crippen molar-refractivity contribution in [3.8, 4) is 11.7 Å². The molecule has 3 aromatic heterocycles. The number of methoxy groups -OCH3 is 1. The Kier molecular flexibility index (Phi) is 4.45. The molecule has 0 aromatic carbocycles. The van der Waals surface area contributed by atoms with Crippen molar-refractivity contribution < 1.29 is 4.74 Å². The van der Waals surface area contributed by atoms with Gasteiger partial charge in [0.05, 0.1) is 30.8 Å². The fourth-order valence-electron chi connectivity index (χ4n) is 2.68. The van der Waals surface area contributed by atoms with Crippen LogP contribution >= 0.6 is 0 Å². The van der Waals surface area contributed by atoms with Gasteiger partial charge in [-0.2, -0.15) is 5.10 Å². The number of nitrogens with zero attached hydrogens (tertiary/aromatic N) is 6. The Bertz CT molecular complexity index is 837. The maximum Gasteiger partial charge on any atom is 0.216 e. The molecule has 126 valence electrons. The van der Waals surface area contributed by atoms with Gasteiger partial charge in [0.15, 0.2) is 5.82 Å². The molecule has 0 spiro atoms. The van der Waals surface area contributed by atoms with Crippen LogP contribution in [0.15, 0.2) is 24.8 Å². The minimum Gasteiger partial charge on any atom is -0.481 e. The molecular formula is C16H21N7O. The molecule has 3 aromatic rings. The summed E-state index contributed by atoms with van der Waals surface area (Å²) in [5.74, 6) is 3.04. The van der Waals surface area contributed by atoms with Gasteiger partial charge in [0, 0.05) is 26.0 Å².